The lowest BCUT2D eigenvalue weighted by Gasteiger charge is -2.17. The highest BCUT2D eigenvalue weighted by atomic mass is 16.7. The van der Waals surface area contributed by atoms with Crippen LogP contribution in [-0.2, 0) is 0 Å². The van der Waals surface area contributed by atoms with Gasteiger partial charge in [-0.05, 0) is 56.0 Å². The maximum Gasteiger partial charge on any atom is 0.255 e. The lowest BCUT2D eigenvalue weighted by molar-refractivity contribution is 0.102. The molecule has 1 aliphatic carbocycles. The number of hydrogen-bond acceptors (Lipinski definition) is 5. The number of carbonyl (C=O) groups excluding carboxylic acids is 1. The summed E-state index contributed by atoms with van der Waals surface area (Å²) in [6, 6.07) is 10.5. The summed E-state index contributed by atoms with van der Waals surface area (Å²) in [7, 11) is 1.61. The van der Waals surface area contributed by atoms with E-state index in [1.54, 1.807) is 37.4 Å². The van der Waals surface area contributed by atoms with Gasteiger partial charge in [-0.25, -0.2) is 0 Å². The quantitative estimate of drug-likeness (QED) is 0.878. The fraction of sp³-hybridized carbons (Fsp3) is 0.350. The largest absolute Gasteiger partial charge is 0.493 e. The van der Waals surface area contributed by atoms with Gasteiger partial charge in [0, 0.05) is 17.3 Å². The van der Waals surface area contributed by atoms with E-state index in [-0.39, 0.29) is 18.8 Å². The number of amides is 1. The maximum absolute atomic E-state index is 12.5. The van der Waals surface area contributed by atoms with Crippen LogP contribution in [0.15, 0.2) is 36.4 Å². The molecule has 0 unspecified atom stereocenters. The summed E-state index contributed by atoms with van der Waals surface area (Å²) in [6.45, 7) is 0.181. The lowest BCUT2D eigenvalue weighted by Crippen LogP contribution is -2.14. The van der Waals surface area contributed by atoms with Crippen molar-refractivity contribution >= 4 is 11.6 Å². The smallest absolute Gasteiger partial charge is 0.255 e. The Morgan fingerprint density at radius 2 is 1.85 bits per heavy atom. The molecular weight excluding hydrogens is 334 g/mol. The Morgan fingerprint density at radius 1 is 1.04 bits per heavy atom. The van der Waals surface area contributed by atoms with Crippen LogP contribution in [-0.4, -0.2) is 25.9 Å². The zero-order valence-electron chi connectivity index (χ0n) is 14.6. The van der Waals surface area contributed by atoms with E-state index in [1.807, 2.05) is 6.07 Å². The van der Waals surface area contributed by atoms with E-state index in [0.29, 0.717) is 34.2 Å². The van der Waals surface area contributed by atoms with Crippen molar-refractivity contribution in [3.63, 3.8) is 0 Å². The van der Waals surface area contributed by atoms with Crippen molar-refractivity contribution < 1.29 is 23.7 Å². The van der Waals surface area contributed by atoms with Crippen molar-refractivity contribution in [2.75, 3.05) is 19.2 Å². The van der Waals surface area contributed by atoms with Gasteiger partial charge in [0.05, 0.1) is 13.2 Å². The molecule has 0 bridgehead atoms. The second-order valence-electron chi connectivity index (χ2n) is 6.41. The van der Waals surface area contributed by atoms with Crippen molar-refractivity contribution in [1.82, 2.24) is 0 Å². The Hall–Kier alpha value is -2.89. The van der Waals surface area contributed by atoms with E-state index in [9.17, 15) is 4.79 Å². The van der Waals surface area contributed by atoms with Crippen LogP contribution in [0.3, 0.4) is 0 Å². The van der Waals surface area contributed by atoms with Crippen molar-refractivity contribution in [2.24, 2.45) is 0 Å². The molecule has 1 saturated carbocycles. The summed E-state index contributed by atoms with van der Waals surface area (Å²) < 4.78 is 22.1. The van der Waals surface area contributed by atoms with Gasteiger partial charge in [0.1, 0.15) is 0 Å². The molecule has 26 heavy (non-hydrogen) atoms. The number of rotatable bonds is 5. The first-order valence-electron chi connectivity index (χ1n) is 8.78. The van der Waals surface area contributed by atoms with Crippen molar-refractivity contribution in [1.29, 1.82) is 0 Å². The monoisotopic (exact) mass is 355 g/mol. The van der Waals surface area contributed by atoms with Crippen LogP contribution in [0.25, 0.3) is 0 Å². The van der Waals surface area contributed by atoms with Crippen molar-refractivity contribution in [3.05, 3.63) is 42.0 Å². The van der Waals surface area contributed by atoms with E-state index in [0.717, 1.165) is 12.8 Å². The van der Waals surface area contributed by atoms with Gasteiger partial charge in [0.25, 0.3) is 5.91 Å². The highest BCUT2D eigenvalue weighted by Gasteiger charge is 2.20. The molecule has 2 aliphatic rings. The van der Waals surface area contributed by atoms with Crippen LogP contribution in [0.1, 0.15) is 36.0 Å². The highest BCUT2D eigenvalue weighted by Crippen LogP contribution is 2.35. The van der Waals surface area contributed by atoms with Crippen molar-refractivity contribution in [3.8, 4) is 23.0 Å². The SMILES string of the molecule is COc1ccc(NC(=O)c2ccc3c(c2)OCO3)cc1OC1CCCC1. The molecule has 6 nitrogen and oxygen atoms in total. The highest BCUT2D eigenvalue weighted by molar-refractivity contribution is 6.04. The summed E-state index contributed by atoms with van der Waals surface area (Å²) in [4.78, 5) is 12.5. The number of benzene rings is 2. The van der Waals surface area contributed by atoms with Gasteiger partial charge in [-0.3, -0.25) is 4.79 Å². The minimum atomic E-state index is -0.222. The van der Waals surface area contributed by atoms with Crippen LogP contribution in [0.2, 0.25) is 0 Å². The van der Waals surface area contributed by atoms with E-state index >= 15 is 0 Å². The average Bonchev–Trinajstić information content (AvgIpc) is 3.32. The Bertz CT molecular complexity index is 814. The first-order chi connectivity index (χ1) is 12.7. The van der Waals surface area contributed by atoms with Gasteiger partial charge in [-0.1, -0.05) is 0 Å². The molecule has 0 saturated heterocycles. The third kappa shape index (κ3) is 3.40. The molecule has 0 radical (unpaired) electrons. The van der Waals surface area contributed by atoms with E-state index in [4.69, 9.17) is 18.9 Å². The van der Waals surface area contributed by atoms with Gasteiger partial charge in [-0.15, -0.1) is 0 Å². The number of ether oxygens (including phenoxy) is 4. The molecule has 1 amide bonds. The van der Waals surface area contributed by atoms with Crippen LogP contribution >= 0.6 is 0 Å². The number of methoxy groups -OCH3 is 1. The van der Waals surface area contributed by atoms with Crippen LogP contribution < -0.4 is 24.3 Å². The van der Waals surface area contributed by atoms with Gasteiger partial charge in [0.15, 0.2) is 23.0 Å². The molecule has 1 aliphatic heterocycles. The minimum absolute atomic E-state index is 0.181. The Morgan fingerprint density at radius 3 is 2.65 bits per heavy atom. The number of hydrogen-bond donors (Lipinski definition) is 1. The van der Waals surface area contributed by atoms with Crippen LogP contribution in [0.5, 0.6) is 23.0 Å². The maximum atomic E-state index is 12.5. The first-order valence-corrected chi connectivity index (χ1v) is 8.78. The van der Waals surface area contributed by atoms with E-state index in [2.05, 4.69) is 5.32 Å². The third-order valence-electron chi connectivity index (χ3n) is 4.65. The standard InChI is InChI=1S/C20H21NO5/c1-23-16-9-7-14(11-19(16)26-15-4-2-3-5-15)21-20(22)13-6-8-17-18(10-13)25-12-24-17/h6-11,15H,2-5,12H2,1H3,(H,21,22). The van der Waals surface area contributed by atoms with Crippen LogP contribution in [0.4, 0.5) is 5.69 Å². The molecule has 2 aromatic carbocycles. The number of carbonyl (C=O) groups is 1. The molecule has 1 heterocycles. The molecule has 4 rings (SSSR count). The molecule has 2 aromatic rings. The summed E-state index contributed by atoms with van der Waals surface area (Å²) in [6.07, 6.45) is 4.69. The van der Waals surface area contributed by atoms with Gasteiger partial charge in [-0.2, -0.15) is 0 Å². The molecule has 0 spiro atoms. The second-order valence-corrected chi connectivity index (χ2v) is 6.41. The van der Waals surface area contributed by atoms with Gasteiger partial charge >= 0.3 is 0 Å². The molecule has 0 atom stereocenters. The first kappa shape index (κ1) is 16.6. The lowest BCUT2D eigenvalue weighted by atomic mass is 10.2. The second kappa shape index (κ2) is 7.15. The normalized spacial score (nSPS) is 15.7. The molecule has 6 heteroatoms. The minimum Gasteiger partial charge on any atom is -0.493 e. The summed E-state index contributed by atoms with van der Waals surface area (Å²) >= 11 is 0. The zero-order valence-corrected chi connectivity index (χ0v) is 14.6. The fourth-order valence-corrected chi connectivity index (χ4v) is 3.27. The molecule has 1 N–H and O–H groups in total. The van der Waals surface area contributed by atoms with Crippen LogP contribution in [0, 0.1) is 0 Å². The summed E-state index contributed by atoms with van der Waals surface area (Å²) in [5, 5.41) is 2.90. The molecule has 0 aromatic heterocycles. The predicted octanol–water partition coefficient (Wildman–Crippen LogP) is 4.00. The van der Waals surface area contributed by atoms with Gasteiger partial charge in [0.2, 0.25) is 6.79 Å². The third-order valence-corrected chi connectivity index (χ3v) is 4.65. The number of nitrogens with one attached hydrogen (secondary N) is 1. The summed E-state index contributed by atoms with van der Waals surface area (Å²) in [5.74, 6) is 2.33. The zero-order chi connectivity index (χ0) is 17.9. The molecule has 136 valence electrons. The fourth-order valence-electron chi connectivity index (χ4n) is 3.27. The molecule has 1 fully saturated rings. The average molecular weight is 355 g/mol. The predicted molar refractivity (Wildman–Crippen MR) is 96.4 cm³/mol. The van der Waals surface area contributed by atoms with Crippen molar-refractivity contribution in [2.45, 2.75) is 31.8 Å². The topological polar surface area (TPSA) is 66.0 Å². The Balaban J connectivity index is 1.51. The van der Waals surface area contributed by atoms with Gasteiger partial charge < -0.3 is 24.3 Å². The number of fused-ring (bicyclic) bond motifs is 1. The molecular formula is C20H21NO5. The number of anilines is 1. The van der Waals surface area contributed by atoms with E-state index in [1.165, 1.54) is 12.8 Å². The van der Waals surface area contributed by atoms with E-state index < -0.39 is 0 Å². The Labute approximate surface area is 152 Å². The summed E-state index contributed by atoms with van der Waals surface area (Å²) in [5.41, 5.74) is 1.16. The Kier molecular flexibility index (Phi) is 4.56.